The van der Waals surface area contributed by atoms with E-state index >= 15 is 0 Å². The molecule has 3 heteroatoms. The third-order valence-electron chi connectivity index (χ3n) is 2.87. The molecule has 0 radical (unpaired) electrons. The zero-order chi connectivity index (χ0) is 12.5. The summed E-state index contributed by atoms with van der Waals surface area (Å²) < 4.78 is 13.8. The Morgan fingerprint density at radius 2 is 1.78 bits per heavy atom. The van der Waals surface area contributed by atoms with Gasteiger partial charge in [-0.1, -0.05) is 35.9 Å². The summed E-state index contributed by atoms with van der Waals surface area (Å²) in [6.07, 6.45) is 1.67. The minimum absolute atomic E-state index is 0.236. The minimum Gasteiger partial charge on any atom is -0.256 e. The number of pyridine rings is 1. The molecular weight excluding hydrogens is 249 g/mol. The van der Waals surface area contributed by atoms with Crippen molar-refractivity contribution in [3.8, 4) is 11.1 Å². The first kappa shape index (κ1) is 11.2. The number of aromatic nitrogens is 1. The van der Waals surface area contributed by atoms with E-state index in [2.05, 4.69) is 4.98 Å². The van der Waals surface area contributed by atoms with Crippen molar-refractivity contribution in [2.75, 3.05) is 0 Å². The summed E-state index contributed by atoms with van der Waals surface area (Å²) in [5.74, 6) is -0.236. The summed E-state index contributed by atoms with van der Waals surface area (Å²) in [6, 6.07) is 14.0. The molecule has 0 aliphatic rings. The summed E-state index contributed by atoms with van der Waals surface area (Å²) in [5.41, 5.74) is 2.17. The van der Waals surface area contributed by atoms with Crippen molar-refractivity contribution < 1.29 is 4.39 Å². The largest absolute Gasteiger partial charge is 0.256 e. The Morgan fingerprint density at radius 3 is 2.61 bits per heavy atom. The van der Waals surface area contributed by atoms with Gasteiger partial charge in [-0.25, -0.2) is 4.39 Å². The van der Waals surface area contributed by atoms with E-state index < -0.39 is 0 Å². The van der Waals surface area contributed by atoms with Gasteiger partial charge in [0.05, 0.1) is 5.52 Å². The van der Waals surface area contributed by atoms with Gasteiger partial charge in [0.15, 0.2) is 0 Å². The van der Waals surface area contributed by atoms with Gasteiger partial charge in [-0.05, 0) is 29.8 Å². The lowest BCUT2D eigenvalue weighted by Gasteiger charge is -2.07. The second-order valence-corrected chi connectivity index (χ2v) is 4.44. The first-order valence-electron chi connectivity index (χ1n) is 5.55. The highest BCUT2D eigenvalue weighted by Gasteiger charge is 2.08. The van der Waals surface area contributed by atoms with Crippen LogP contribution in [0.5, 0.6) is 0 Å². The van der Waals surface area contributed by atoms with Crippen molar-refractivity contribution in [1.82, 2.24) is 4.98 Å². The lowest BCUT2D eigenvalue weighted by molar-refractivity contribution is 0.631. The van der Waals surface area contributed by atoms with Crippen LogP contribution in [0, 0.1) is 5.82 Å². The van der Waals surface area contributed by atoms with Crippen LogP contribution in [0.25, 0.3) is 22.0 Å². The topological polar surface area (TPSA) is 12.9 Å². The van der Waals surface area contributed by atoms with E-state index in [1.165, 1.54) is 6.07 Å². The highest BCUT2D eigenvalue weighted by molar-refractivity contribution is 6.31. The van der Waals surface area contributed by atoms with Crippen molar-refractivity contribution in [3.05, 3.63) is 65.6 Å². The zero-order valence-electron chi connectivity index (χ0n) is 9.40. The second kappa shape index (κ2) is 4.39. The van der Waals surface area contributed by atoms with Crippen LogP contribution in [0.2, 0.25) is 5.02 Å². The highest BCUT2D eigenvalue weighted by atomic mass is 35.5. The van der Waals surface area contributed by atoms with E-state index in [0.717, 1.165) is 16.5 Å². The van der Waals surface area contributed by atoms with Crippen molar-refractivity contribution >= 4 is 22.5 Å². The van der Waals surface area contributed by atoms with Crippen molar-refractivity contribution in [2.45, 2.75) is 0 Å². The maximum Gasteiger partial charge on any atom is 0.131 e. The number of halogens is 2. The van der Waals surface area contributed by atoms with E-state index in [4.69, 9.17) is 11.6 Å². The Balaban J connectivity index is 2.33. The smallest absolute Gasteiger partial charge is 0.131 e. The van der Waals surface area contributed by atoms with Gasteiger partial charge in [0, 0.05) is 22.2 Å². The highest BCUT2D eigenvalue weighted by Crippen LogP contribution is 2.30. The number of hydrogen-bond donors (Lipinski definition) is 0. The summed E-state index contributed by atoms with van der Waals surface area (Å²) in [7, 11) is 0. The van der Waals surface area contributed by atoms with Gasteiger partial charge in [-0.2, -0.15) is 0 Å². The fourth-order valence-corrected chi connectivity index (χ4v) is 2.20. The van der Waals surface area contributed by atoms with Crippen LogP contribution in [0.3, 0.4) is 0 Å². The fraction of sp³-hybridized carbons (Fsp3) is 0. The summed E-state index contributed by atoms with van der Waals surface area (Å²) >= 11 is 5.93. The molecule has 0 bridgehead atoms. The quantitative estimate of drug-likeness (QED) is 0.616. The van der Waals surface area contributed by atoms with Gasteiger partial charge in [0.1, 0.15) is 5.82 Å². The predicted octanol–water partition coefficient (Wildman–Crippen LogP) is 4.69. The Morgan fingerprint density at radius 1 is 0.944 bits per heavy atom. The molecule has 0 amide bonds. The number of benzene rings is 2. The number of hydrogen-bond acceptors (Lipinski definition) is 1. The van der Waals surface area contributed by atoms with Gasteiger partial charge >= 0.3 is 0 Å². The Bertz CT molecular complexity index is 725. The fourth-order valence-electron chi connectivity index (χ4n) is 2.04. The number of rotatable bonds is 1. The average Bonchev–Trinajstić information content (AvgIpc) is 2.38. The van der Waals surface area contributed by atoms with Crippen molar-refractivity contribution in [2.24, 2.45) is 0 Å². The molecule has 0 saturated carbocycles. The SMILES string of the molecule is Fc1ccccc1-c1ccnc2cc(Cl)ccc12. The molecule has 1 heterocycles. The van der Waals surface area contributed by atoms with Gasteiger partial charge in [-0.15, -0.1) is 0 Å². The first-order chi connectivity index (χ1) is 8.75. The van der Waals surface area contributed by atoms with E-state index in [9.17, 15) is 4.39 Å². The van der Waals surface area contributed by atoms with Crippen molar-refractivity contribution in [3.63, 3.8) is 0 Å². The third-order valence-corrected chi connectivity index (χ3v) is 3.10. The lowest BCUT2D eigenvalue weighted by Crippen LogP contribution is -1.87. The van der Waals surface area contributed by atoms with Crippen LogP contribution in [-0.2, 0) is 0 Å². The Labute approximate surface area is 109 Å². The number of fused-ring (bicyclic) bond motifs is 1. The van der Waals surface area contributed by atoms with Crippen LogP contribution in [0.1, 0.15) is 0 Å². The molecule has 1 nitrogen and oxygen atoms in total. The van der Waals surface area contributed by atoms with E-state index in [1.54, 1.807) is 30.5 Å². The summed E-state index contributed by atoms with van der Waals surface area (Å²) in [6.45, 7) is 0. The van der Waals surface area contributed by atoms with E-state index in [0.29, 0.717) is 10.6 Å². The van der Waals surface area contributed by atoms with Crippen LogP contribution in [0.4, 0.5) is 4.39 Å². The molecule has 18 heavy (non-hydrogen) atoms. The van der Waals surface area contributed by atoms with E-state index in [-0.39, 0.29) is 5.82 Å². The average molecular weight is 258 g/mol. The zero-order valence-corrected chi connectivity index (χ0v) is 10.2. The summed E-state index contributed by atoms with van der Waals surface area (Å²) in [5, 5.41) is 1.52. The molecule has 0 saturated heterocycles. The monoisotopic (exact) mass is 257 g/mol. The molecule has 88 valence electrons. The van der Waals surface area contributed by atoms with Gasteiger partial charge < -0.3 is 0 Å². The summed E-state index contributed by atoms with van der Waals surface area (Å²) in [4.78, 5) is 4.25. The molecule has 0 fully saturated rings. The lowest BCUT2D eigenvalue weighted by atomic mass is 10.0. The van der Waals surface area contributed by atoms with Crippen molar-refractivity contribution in [1.29, 1.82) is 0 Å². The molecule has 3 aromatic rings. The molecule has 0 aliphatic heterocycles. The molecule has 0 unspecified atom stereocenters. The van der Waals surface area contributed by atoms with Gasteiger partial charge in [-0.3, -0.25) is 4.98 Å². The Hall–Kier alpha value is -1.93. The maximum absolute atomic E-state index is 13.8. The number of nitrogens with zero attached hydrogens (tertiary/aromatic N) is 1. The maximum atomic E-state index is 13.8. The van der Waals surface area contributed by atoms with Crippen LogP contribution in [0.15, 0.2) is 54.7 Å². The van der Waals surface area contributed by atoms with Gasteiger partial charge in [0.2, 0.25) is 0 Å². The molecule has 0 aliphatic carbocycles. The molecular formula is C15H9ClFN. The third kappa shape index (κ3) is 1.85. The molecule has 0 N–H and O–H groups in total. The van der Waals surface area contributed by atoms with Crippen LogP contribution in [-0.4, -0.2) is 4.98 Å². The molecule has 1 aromatic heterocycles. The second-order valence-electron chi connectivity index (χ2n) is 4.00. The Kier molecular flexibility index (Phi) is 2.73. The van der Waals surface area contributed by atoms with Crippen LogP contribution < -0.4 is 0 Å². The van der Waals surface area contributed by atoms with Gasteiger partial charge in [0.25, 0.3) is 0 Å². The molecule has 0 atom stereocenters. The molecule has 0 spiro atoms. The normalized spacial score (nSPS) is 10.8. The van der Waals surface area contributed by atoms with Crippen LogP contribution >= 0.6 is 11.6 Å². The predicted molar refractivity (Wildman–Crippen MR) is 72.1 cm³/mol. The molecule has 3 rings (SSSR count). The molecule has 2 aromatic carbocycles. The minimum atomic E-state index is -0.236. The standard InChI is InChI=1S/C15H9ClFN/c16-10-5-6-13-11(7-8-18-15(13)9-10)12-3-1-2-4-14(12)17/h1-9H. The van der Waals surface area contributed by atoms with E-state index in [1.807, 2.05) is 18.2 Å². The first-order valence-corrected chi connectivity index (χ1v) is 5.93.